The van der Waals surface area contributed by atoms with E-state index in [9.17, 15) is 24.0 Å². The summed E-state index contributed by atoms with van der Waals surface area (Å²) in [6.07, 6.45) is 1.41. The first-order valence-electron chi connectivity index (χ1n) is 17.1. The third-order valence-electron chi connectivity index (χ3n) is 6.81. The van der Waals surface area contributed by atoms with Gasteiger partial charge in [0, 0.05) is 18.3 Å². The summed E-state index contributed by atoms with van der Waals surface area (Å²) in [5.74, 6) is -1.65. The van der Waals surface area contributed by atoms with Crippen LogP contribution in [-0.4, -0.2) is 64.4 Å². The van der Waals surface area contributed by atoms with Gasteiger partial charge in [-0.3, -0.25) is 9.59 Å². The highest BCUT2D eigenvalue weighted by Gasteiger charge is 2.27. The highest BCUT2D eigenvalue weighted by Crippen LogP contribution is 2.26. The van der Waals surface area contributed by atoms with Gasteiger partial charge in [0.15, 0.2) is 11.4 Å². The molecule has 3 aromatic rings. The SMILES string of the molecule is CCOC(=O)c1csc([C@H](CCC(=O)OC(C)(C)C)NC(=O)c2coc([C@H](CCCCNC(=O)OC(C)(C)C)NC(=O)OCc3ccccc3)n2)n1. The number of amides is 3. The monoisotopic (exact) mass is 743 g/mol. The second-order valence-electron chi connectivity index (χ2n) is 13.7. The lowest BCUT2D eigenvalue weighted by atomic mass is 10.1. The molecule has 2 atom stereocenters. The summed E-state index contributed by atoms with van der Waals surface area (Å²) in [4.78, 5) is 71.9. The lowest BCUT2D eigenvalue weighted by Crippen LogP contribution is -2.33. The van der Waals surface area contributed by atoms with Crippen LogP contribution in [0.15, 0.2) is 46.4 Å². The highest BCUT2D eigenvalue weighted by atomic mass is 32.1. The van der Waals surface area contributed by atoms with Crippen molar-refractivity contribution in [3.8, 4) is 0 Å². The van der Waals surface area contributed by atoms with E-state index in [1.165, 1.54) is 5.38 Å². The number of carbonyl (C=O) groups is 5. The van der Waals surface area contributed by atoms with Gasteiger partial charge in [0.05, 0.1) is 12.6 Å². The zero-order chi connectivity index (χ0) is 38.3. The third-order valence-corrected chi connectivity index (χ3v) is 7.77. The van der Waals surface area contributed by atoms with Crippen molar-refractivity contribution in [3.63, 3.8) is 0 Å². The maximum absolute atomic E-state index is 13.5. The van der Waals surface area contributed by atoms with Gasteiger partial charge < -0.3 is 39.3 Å². The highest BCUT2D eigenvalue weighted by molar-refractivity contribution is 7.09. The lowest BCUT2D eigenvalue weighted by molar-refractivity contribution is -0.155. The normalized spacial score (nSPS) is 12.6. The number of thiazole rings is 1. The van der Waals surface area contributed by atoms with E-state index in [-0.39, 0.29) is 43.3 Å². The number of hydrogen-bond acceptors (Lipinski definition) is 13. The molecule has 2 heterocycles. The first-order valence-corrected chi connectivity index (χ1v) is 18.0. The minimum Gasteiger partial charge on any atom is -0.461 e. The molecule has 0 saturated carbocycles. The lowest BCUT2D eigenvalue weighted by Gasteiger charge is -2.21. The van der Waals surface area contributed by atoms with Crippen molar-refractivity contribution in [3.05, 3.63) is 69.8 Å². The van der Waals surface area contributed by atoms with E-state index in [1.54, 1.807) is 48.5 Å². The van der Waals surface area contributed by atoms with E-state index in [4.69, 9.17) is 23.4 Å². The summed E-state index contributed by atoms with van der Waals surface area (Å²) in [6, 6.07) is 7.61. The summed E-state index contributed by atoms with van der Waals surface area (Å²) in [7, 11) is 0. The standard InChI is InChI=1S/C36H49N5O10S/c1-8-47-32(44)27-22-52-31(40-27)25(17-18-28(42)50-35(2,3)4)38-29(43)26-21-48-30(39-26)24(16-12-13-19-37-33(45)51-36(5,6)7)41-34(46)49-20-23-14-10-9-11-15-23/h9-11,14-15,21-22,24-25H,8,12-13,16-20H2,1-7H3,(H,37,45)(H,38,43)(H,41,46)/t24-,25-/m0/s1. The van der Waals surface area contributed by atoms with E-state index in [1.807, 2.05) is 30.3 Å². The predicted octanol–water partition coefficient (Wildman–Crippen LogP) is 6.56. The molecule has 1 aromatic carbocycles. The van der Waals surface area contributed by atoms with Crippen LogP contribution in [0, 0.1) is 0 Å². The van der Waals surface area contributed by atoms with Crippen LogP contribution in [0.4, 0.5) is 9.59 Å². The van der Waals surface area contributed by atoms with Gasteiger partial charge in [-0.1, -0.05) is 30.3 Å². The van der Waals surface area contributed by atoms with Gasteiger partial charge in [0.25, 0.3) is 5.91 Å². The van der Waals surface area contributed by atoms with E-state index >= 15 is 0 Å². The first-order chi connectivity index (χ1) is 24.5. The second-order valence-corrected chi connectivity index (χ2v) is 14.6. The maximum atomic E-state index is 13.5. The van der Waals surface area contributed by atoms with Gasteiger partial charge in [-0.2, -0.15) is 0 Å². The van der Waals surface area contributed by atoms with Crippen LogP contribution in [0.5, 0.6) is 0 Å². The number of rotatable bonds is 17. The molecule has 3 rings (SSSR count). The minimum absolute atomic E-state index is 0.0394. The summed E-state index contributed by atoms with van der Waals surface area (Å²) in [5.41, 5.74) is -0.531. The number of hydrogen-bond donors (Lipinski definition) is 3. The molecule has 15 nitrogen and oxygen atoms in total. The fourth-order valence-electron chi connectivity index (χ4n) is 4.59. The zero-order valence-corrected chi connectivity index (χ0v) is 31.6. The molecule has 0 bridgehead atoms. The van der Waals surface area contributed by atoms with Crippen LogP contribution in [0.3, 0.4) is 0 Å². The van der Waals surface area contributed by atoms with Gasteiger partial charge in [-0.05, 0) is 79.7 Å². The van der Waals surface area contributed by atoms with E-state index in [0.717, 1.165) is 23.2 Å². The molecule has 52 heavy (non-hydrogen) atoms. The third kappa shape index (κ3) is 15.1. The molecule has 0 unspecified atom stereocenters. The van der Waals surface area contributed by atoms with Crippen molar-refractivity contribution in [2.24, 2.45) is 0 Å². The average Bonchev–Trinajstić information content (AvgIpc) is 3.75. The molecule has 3 amide bonds. The smallest absolute Gasteiger partial charge is 0.408 e. The molecule has 0 aliphatic carbocycles. The molecule has 284 valence electrons. The number of unbranched alkanes of at least 4 members (excludes halogenated alkanes) is 1. The molecular weight excluding hydrogens is 694 g/mol. The average molecular weight is 744 g/mol. The Morgan fingerprint density at radius 1 is 0.827 bits per heavy atom. The number of benzene rings is 1. The Bertz CT molecular complexity index is 1630. The van der Waals surface area contributed by atoms with Gasteiger partial charge in [-0.15, -0.1) is 11.3 Å². The Morgan fingerprint density at radius 3 is 2.21 bits per heavy atom. The van der Waals surface area contributed by atoms with Gasteiger partial charge in [0.1, 0.15) is 35.1 Å². The molecular formula is C36H49N5O10S. The Hall–Kier alpha value is -4.99. The van der Waals surface area contributed by atoms with Gasteiger partial charge in [-0.25, -0.2) is 24.4 Å². The summed E-state index contributed by atoms with van der Waals surface area (Å²) in [5, 5.41) is 10.2. The Labute approximate surface area is 307 Å². The zero-order valence-electron chi connectivity index (χ0n) is 30.7. The van der Waals surface area contributed by atoms with E-state index in [2.05, 4.69) is 25.9 Å². The van der Waals surface area contributed by atoms with E-state index in [0.29, 0.717) is 30.8 Å². The number of nitrogens with zero attached hydrogens (tertiary/aromatic N) is 2. The number of ether oxygens (including phenoxy) is 4. The molecule has 16 heteroatoms. The number of nitrogens with one attached hydrogen (secondary N) is 3. The Morgan fingerprint density at radius 2 is 1.54 bits per heavy atom. The van der Waals surface area contributed by atoms with Crippen LogP contribution >= 0.6 is 11.3 Å². The molecule has 0 aliphatic heterocycles. The molecule has 0 radical (unpaired) electrons. The number of aromatic nitrogens is 2. The second kappa shape index (κ2) is 19.6. The van der Waals surface area contributed by atoms with Crippen molar-refractivity contribution in [1.29, 1.82) is 0 Å². The summed E-state index contributed by atoms with van der Waals surface area (Å²) in [6.45, 7) is 12.8. The molecule has 0 saturated heterocycles. The number of carbonyl (C=O) groups excluding carboxylic acids is 5. The van der Waals surface area contributed by atoms with Crippen LogP contribution in [0.2, 0.25) is 0 Å². The predicted molar refractivity (Wildman–Crippen MR) is 190 cm³/mol. The topological polar surface area (TPSA) is 197 Å². The summed E-state index contributed by atoms with van der Waals surface area (Å²) < 4.78 is 26.8. The number of oxazole rings is 1. The van der Waals surface area contributed by atoms with Crippen molar-refractivity contribution in [2.45, 2.75) is 110 Å². The van der Waals surface area contributed by atoms with Crippen molar-refractivity contribution < 1.29 is 47.3 Å². The fourth-order valence-corrected chi connectivity index (χ4v) is 5.46. The van der Waals surface area contributed by atoms with E-state index < -0.39 is 53.3 Å². The minimum atomic E-state index is -0.785. The van der Waals surface area contributed by atoms with Crippen molar-refractivity contribution >= 4 is 41.4 Å². The molecule has 0 fully saturated rings. The molecule has 0 spiro atoms. The summed E-state index contributed by atoms with van der Waals surface area (Å²) >= 11 is 1.13. The van der Waals surface area contributed by atoms with Crippen LogP contribution in [0.1, 0.15) is 130 Å². The van der Waals surface area contributed by atoms with Gasteiger partial charge in [0.2, 0.25) is 5.89 Å². The maximum Gasteiger partial charge on any atom is 0.408 e. The molecule has 3 N–H and O–H groups in total. The fraction of sp³-hybridized carbons (Fsp3) is 0.528. The van der Waals surface area contributed by atoms with Crippen molar-refractivity contribution in [1.82, 2.24) is 25.9 Å². The van der Waals surface area contributed by atoms with Crippen LogP contribution in [-0.2, 0) is 30.3 Å². The molecule has 2 aromatic heterocycles. The quantitative estimate of drug-likeness (QED) is 0.0766. The number of esters is 2. The van der Waals surface area contributed by atoms with Crippen molar-refractivity contribution in [2.75, 3.05) is 13.2 Å². The van der Waals surface area contributed by atoms with Crippen LogP contribution in [0.25, 0.3) is 0 Å². The Kier molecular flexibility index (Phi) is 15.6. The first kappa shape index (κ1) is 41.4. The van der Waals surface area contributed by atoms with Crippen LogP contribution < -0.4 is 16.0 Å². The van der Waals surface area contributed by atoms with Gasteiger partial charge >= 0.3 is 24.1 Å². The number of alkyl carbamates (subject to hydrolysis) is 2. The Balaban J connectivity index is 1.73. The molecule has 0 aliphatic rings. The largest absolute Gasteiger partial charge is 0.461 e.